The average Bonchev–Trinajstić information content (AvgIpc) is 2.48. The highest BCUT2D eigenvalue weighted by Gasteiger charge is 2.32. The molecule has 0 radical (unpaired) electrons. The van der Waals surface area contributed by atoms with Crippen molar-refractivity contribution >= 4 is 5.91 Å². The predicted molar refractivity (Wildman–Crippen MR) is 53.3 cm³/mol. The summed E-state index contributed by atoms with van der Waals surface area (Å²) in [5.74, 6) is 0.288. The first-order chi connectivity index (χ1) is 6.20. The Kier molecular flexibility index (Phi) is 3.72. The van der Waals surface area contributed by atoms with Crippen LogP contribution in [0, 0.1) is 0 Å². The summed E-state index contributed by atoms with van der Waals surface area (Å²) in [6.45, 7) is 7.07. The Labute approximate surface area is 80.5 Å². The Morgan fingerprint density at radius 3 is 2.85 bits per heavy atom. The van der Waals surface area contributed by atoms with Crippen LogP contribution in [0.4, 0.5) is 0 Å². The first-order valence-electron chi connectivity index (χ1n) is 5.24. The van der Waals surface area contributed by atoms with Crippen molar-refractivity contribution in [1.29, 1.82) is 0 Å². The Morgan fingerprint density at radius 2 is 2.31 bits per heavy atom. The van der Waals surface area contributed by atoms with Crippen molar-refractivity contribution in [3.8, 4) is 0 Å². The van der Waals surface area contributed by atoms with E-state index in [0.29, 0.717) is 6.04 Å². The van der Waals surface area contributed by atoms with Crippen molar-refractivity contribution in [3.63, 3.8) is 0 Å². The van der Waals surface area contributed by atoms with E-state index in [2.05, 4.69) is 26.1 Å². The van der Waals surface area contributed by atoms with Crippen molar-refractivity contribution in [2.24, 2.45) is 0 Å². The molecule has 76 valence electrons. The van der Waals surface area contributed by atoms with Crippen LogP contribution in [-0.4, -0.2) is 29.6 Å². The molecule has 1 amide bonds. The van der Waals surface area contributed by atoms with E-state index in [1.165, 1.54) is 0 Å². The summed E-state index contributed by atoms with van der Waals surface area (Å²) in [6, 6.07) is 0.459. The van der Waals surface area contributed by atoms with Crippen LogP contribution in [0.15, 0.2) is 0 Å². The van der Waals surface area contributed by atoms with Gasteiger partial charge >= 0.3 is 0 Å². The van der Waals surface area contributed by atoms with Crippen LogP contribution in [0.5, 0.6) is 0 Å². The van der Waals surface area contributed by atoms with Gasteiger partial charge in [-0.1, -0.05) is 20.3 Å². The van der Waals surface area contributed by atoms with E-state index in [4.69, 9.17) is 0 Å². The molecule has 1 aliphatic rings. The minimum absolute atomic E-state index is 0.0824. The summed E-state index contributed by atoms with van der Waals surface area (Å²) in [7, 11) is 0. The third kappa shape index (κ3) is 2.21. The van der Waals surface area contributed by atoms with E-state index in [9.17, 15) is 4.79 Å². The molecule has 0 aromatic rings. The lowest BCUT2D eigenvalue weighted by molar-refractivity contribution is -0.130. The zero-order valence-corrected chi connectivity index (χ0v) is 8.84. The van der Waals surface area contributed by atoms with Gasteiger partial charge in [0.2, 0.25) is 5.91 Å². The average molecular weight is 184 g/mol. The van der Waals surface area contributed by atoms with Gasteiger partial charge in [0.05, 0.1) is 12.7 Å². The van der Waals surface area contributed by atoms with Crippen LogP contribution >= 0.6 is 0 Å². The fourth-order valence-electron chi connectivity index (χ4n) is 1.68. The highest BCUT2D eigenvalue weighted by atomic mass is 16.2. The molecule has 0 saturated carbocycles. The maximum atomic E-state index is 11.8. The second kappa shape index (κ2) is 4.61. The first kappa shape index (κ1) is 10.5. The molecular weight excluding hydrogens is 164 g/mol. The summed E-state index contributed by atoms with van der Waals surface area (Å²) in [4.78, 5) is 13.7. The Hall–Kier alpha value is -0.570. The molecule has 1 N–H and O–H groups in total. The molecule has 2 atom stereocenters. The van der Waals surface area contributed by atoms with Crippen LogP contribution < -0.4 is 5.32 Å². The van der Waals surface area contributed by atoms with Crippen molar-refractivity contribution in [2.75, 3.05) is 6.67 Å². The topological polar surface area (TPSA) is 32.3 Å². The van der Waals surface area contributed by atoms with Crippen LogP contribution in [0.3, 0.4) is 0 Å². The van der Waals surface area contributed by atoms with Crippen molar-refractivity contribution in [1.82, 2.24) is 10.2 Å². The number of rotatable bonds is 4. The molecule has 1 rings (SSSR count). The van der Waals surface area contributed by atoms with E-state index in [1.54, 1.807) is 0 Å². The third-order valence-corrected chi connectivity index (χ3v) is 2.79. The lowest BCUT2D eigenvalue weighted by Gasteiger charge is -2.22. The fourth-order valence-corrected chi connectivity index (χ4v) is 1.68. The van der Waals surface area contributed by atoms with E-state index in [-0.39, 0.29) is 11.9 Å². The Morgan fingerprint density at radius 1 is 1.62 bits per heavy atom. The van der Waals surface area contributed by atoms with Gasteiger partial charge in [-0.15, -0.1) is 0 Å². The largest absolute Gasteiger partial charge is 0.326 e. The zero-order valence-electron chi connectivity index (χ0n) is 8.84. The van der Waals surface area contributed by atoms with Gasteiger partial charge in [0.15, 0.2) is 0 Å². The summed E-state index contributed by atoms with van der Waals surface area (Å²) in [5.41, 5.74) is 0. The van der Waals surface area contributed by atoms with Gasteiger partial charge in [0.1, 0.15) is 0 Å². The molecule has 3 nitrogen and oxygen atoms in total. The maximum Gasteiger partial charge on any atom is 0.241 e. The number of amides is 1. The van der Waals surface area contributed by atoms with Gasteiger partial charge in [0, 0.05) is 6.04 Å². The van der Waals surface area contributed by atoms with Crippen LogP contribution in [0.1, 0.15) is 40.0 Å². The molecule has 1 heterocycles. The van der Waals surface area contributed by atoms with Crippen LogP contribution in [0.25, 0.3) is 0 Å². The first-order valence-corrected chi connectivity index (χ1v) is 5.24. The molecule has 13 heavy (non-hydrogen) atoms. The maximum absolute atomic E-state index is 11.8. The Balaban J connectivity index is 2.49. The SMILES string of the molecule is CCCC1NCN(C(C)CC)C1=O. The molecule has 3 heteroatoms. The monoisotopic (exact) mass is 184 g/mol. The van der Waals surface area contributed by atoms with Gasteiger partial charge in [-0.25, -0.2) is 0 Å². The van der Waals surface area contributed by atoms with Gasteiger partial charge in [-0.2, -0.15) is 0 Å². The second-order valence-corrected chi connectivity index (χ2v) is 3.77. The summed E-state index contributed by atoms with van der Waals surface area (Å²) < 4.78 is 0. The lowest BCUT2D eigenvalue weighted by Crippen LogP contribution is -2.36. The van der Waals surface area contributed by atoms with Crippen molar-refractivity contribution < 1.29 is 4.79 Å². The highest BCUT2D eigenvalue weighted by molar-refractivity contribution is 5.83. The van der Waals surface area contributed by atoms with Gasteiger partial charge in [-0.05, 0) is 19.8 Å². The van der Waals surface area contributed by atoms with Crippen LogP contribution in [-0.2, 0) is 4.79 Å². The van der Waals surface area contributed by atoms with E-state index >= 15 is 0 Å². The standard InChI is InChI=1S/C10H20N2O/c1-4-6-9-10(13)12(7-11-9)8(3)5-2/h8-9,11H,4-7H2,1-3H3. The lowest BCUT2D eigenvalue weighted by atomic mass is 10.1. The van der Waals surface area contributed by atoms with Crippen LogP contribution in [0.2, 0.25) is 0 Å². The van der Waals surface area contributed by atoms with E-state index in [0.717, 1.165) is 25.9 Å². The Bertz CT molecular complexity index is 182. The smallest absolute Gasteiger partial charge is 0.241 e. The minimum atomic E-state index is 0.0824. The number of carbonyl (C=O) groups excluding carboxylic acids is 1. The number of hydrogen-bond donors (Lipinski definition) is 1. The van der Waals surface area contributed by atoms with Crippen molar-refractivity contribution in [3.05, 3.63) is 0 Å². The second-order valence-electron chi connectivity index (χ2n) is 3.77. The van der Waals surface area contributed by atoms with E-state index < -0.39 is 0 Å². The summed E-state index contributed by atoms with van der Waals surface area (Å²) in [6.07, 6.45) is 3.07. The zero-order chi connectivity index (χ0) is 9.84. The fraction of sp³-hybridized carbons (Fsp3) is 0.900. The molecule has 0 aromatic carbocycles. The molecule has 0 aliphatic carbocycles. The number of nitrogens with one attached hydrogen (secondary N) is 1. The minimum Gasteiger partial charge on any atom is -0.326 e. The van der Waals surface area contributed by atoms with Gasteiger partial charge < -0.3 is 4.90 Å². The summed E-state index contributed by atoms with van der Waals surface area (Å²) in [5, 5.41) is 3.25. The molecule has 1 saturated heterocycles. The molecule has 0 spiro atoms. The molecule has 1 fully saturated rings. The quantitative estimate of drug-likeness (QED) is 0.715. The number of nitrogens with zero attached hydrogens (tertiary/aromatic N) is 1. The van der Waals surface area contributed by atoms with Crippen molar-refractivity contribution in [2.45, 2.75) is 52.1 Å². The molecule has 2 unspecified atom stereocenters. The number of hydrogen-bond acceptors (Lipinski definition) is 2. The molecule has 1 aliphatic heterocycles. The molecule has 0 bridgehead atoms. The highest BCUT2D eigenvalue weighted by Crippen LogP contribution is 2.13. The molecular formula is C10H20N2O. The number of carbonyl (C=O) groups is 1. The van der Waals surface area contributed by atoms with E-state index in [1.807, 2.05) is 4.90 Å². The summed E-state index contributed by atoms with van der Waals surface area (Å²) >= 11 is 0. The third-order valence-electron chi connectivity index (χ3n) is 2.79. The normalized spacial score (nSPS) is 25.3. The van der Waals surface area contributed by atoms with Gasteiger partial charge in [-0.3, -0.25) is 10.1 Å². The molecule has 0 aromatic heterocycles. The van der Waals surface area contributed by atoms with Gasteiger partial charge in [0.25, 0.3) is 0 Å². The predicted octanol–water partition coefficient (Wildman–Crippen LogP) is 1.34.